The highest BCUT2D eigenvalue weighted by Gasteiger charge is 2.32. The van der Waals surface area contributed by atoms with Crippen LogP contribution in [0, 0.1) is 11.8 Å². The Kier molecular flexibility index (Phi) is 5.57. The first-order valence-corrected chi connectivity index (χ1v) is 8.88. The average Bonchev–Trinajstić information content (AvgIpc) is 3.09. The first kappa shape index (κ1) is 16.7. The number of benzene rings is 1. The molecule has 0 radical (unpaired) electrons. The Morgan fingerprint density at radius 1 is 1.35 bits per heavy atom. The third-order valence-electron chi connectivity index (χ3n) is 5.10. The van der Waals surface area contributed by atoms with Gasteiger partial charge in [-0.3, -0.25) is 4.79 Å². The highest BCUT2D eigenvalue weighted by molar-refractivity contribution is 6.30. The van der Waals surface area contributed by atoms with Crippen molar-refractivity contribution in [1.82, 2.24) is 4.90 Å². The van der Waals surface area contributed by atoms with E-state index in [4.69, 9.17) is 22.1 Å². The molecule has 5 heteroatoms. The largest absolute Gasteiger partial charge is 0.381 e. The van der Waals surface area contributed by atoms with Crippen molar-refractivity contribution in [3.8, 4) is 0 Å². The summed E-state index contributed by atoms with van der Waals surface area (Å²) in [4.78, 5) is 14.4. The van der Waals surface area contributed by atoms with E-state index >= 15 is 0 Å². The first-order valence-electron chi connectivity index (χ1n) is 8.50. The van der Waals surface area contributed by atoms with Gasteiger partial charge >= 0.3 is 0 Å². The van der Waals surface area contributed by atoms with Crippen molar-refractivity contribution in [2.75, 3.05) is 26.3 Å². The van der Waals surface area contributed by atoms with Gasteiger partial charge in [0.05, 0.1) is 12.5 Å². The minimum absolute atomic E-state index is 0.0756. The van der Waals surface area contributed by atoms with Crippen LogP contribution in [0.4, 0.5) is 0 Å². The van der Waals surface area contributed by atoms with Crippen molar-refractivity contribution >= 4 is 17.5 Å². The molecule has 2 aliphatic heterocycles. The van der Waals surface area contributed by atoms with E-state index < -0.39 is 0 Å². The fourth-order valence-electron chi connectivity index (χ4n) is 3.64. The Labute approximate surface area is 142 Å². The van der Waals surface area contributed by atoms with Gasteiger partial charge < -0.3 is 15.4 Å². The van der Waals surface area contributed by atoms with E-state index in [-0.39, 0.29) is 17.9 Å². The fourth-order valence-corrected chi connectivity index (χ4v) is 3.85. The topological polar surface area (TPSA) is 55.6 Å². The smallest absolute Gasteiger partial charge is 0.228 e. The molecule has 126 valence electrons. The van der Waals surface area contributed by atoms with Crippen LogP contribution in [-0.2, 0) is 16.0 Å². The van der Waals surface area contributed by atoms with Crippen molar-refractivity contribution in [2.45, 2.75) is 31.7 Å². The maximum atomic E-state index is 12.4. The van der Waals surface area contributed by atoms with Gasteiger partial charge in [0.1, 0.15) is 0 Å². The normalized spacial score (nSPS) is 23.9. The zero-order valence-electron chi connectivity index (χ0n) is 13.4. The molecule has 2 heterocycles. The lowest BCUT2D eigenvalue weighted by Gasteiger charge is -2.36. The number of likely N-dealkylation sites (tertiary alicyclic amines) is 1. The van der Waals surface area contributed by atoms with Crippen molar-refractivity contribution in [3.05, 3.63) is 34.9 Å². The Hall–Kier alpha value is -1.10. The minimum Gasteiger partial charge on any atom is -0.381 e. The van der Waals surface area contributed by atoms with E-state index in [1.54, 1.807) is 0 Å². The molecule has 1 aromatic carbocycles. The lowest BCUT2D eigenvalue weighted by Crippen LogP contribution is -2.46. The van der Waals surface area contributed by atoms with Crippen LogP contribution in [0.2, 0.25) is 5.02 Å². The molecule has 2 unspecified atom stereocenters. The molecule has 2 fully saturated rings. The highest BCUT2D eigenvalue weighted by Crippen LogP contribution is 2.25. The number of nitrogens with zero attached hydrogens (tertiary/aromatic N) is 1. The van der Waals surface area contributed by atoms with E-state index in [1.165, 1.54) is 5.56 Å². The van der Waals surface area contributed by atoms with E-state index in [2.05, 4.69) is 6.07 Å². The Morgan fingerprint density at radius 2 is 2.13 bits per heavy atom. The van der Waals surface area contributed by atoms with Gasteiger partial charge in [-0.15, -0.1) is 0 Å². The highest BCUT2D eigenvalue weighted by atomic mass is 35.5. The van der Waals surface area contributed by atoms with Crippen LogP contribution in [-0.4, -0.2) is 43.2 Å². The summed E-state index contributed by atoms with van der Waals surface area (Å²) in [6, 6.07) is 8.04. The van der Waals surface area contributed by atoms with Crippen LogP contribution in [0.3, 0.4) is 0 Å². The molecule has 0 aliphatic carbocycles. The molecule has 0 bridgehead atoms. The molecule has 0 aromatic heterocycles. The molecule has 2 aliphatic rings. The van der Waals surface area contributed by atoms with Gasteiger partial charge in [-0.25, -0.2) is 0 Å². The molecule has 0 saturated carbocycles. The van der Waals surface area contributed by atoms with Gasteiger partial charge in [0, 0.05) is 30.8 Å². The first-order chi connectivity index (χ1) is 11.1. The summed E-state index contributed by atoms with van der Waals surface area (Å²) in [5.74, 6) is 0.814. The number of amides is 1. The molecule has 1 amide bonds. The zero-order chi connectivity index (χ0) is 16.2. The lowest BCUT2D eigenvalue weighted by molar-refractivity contribution is -0.137. The van der Waals surface area contributed by atoms with Gasteiger partial charge in [-0.1, -0.05) is 23.7 Å². The minimum atomic E-state index is 0.0756. The maximum Gasteiger partial charge on any atom is 0.228 e. The quantitative estimate of drug-likeness (QED) is 0.919. The van der Waals surface area contributed by atoms with Crippen LogP contribution in [0.15, 0.2) is 24.3 Å². The Morgan fingerprint density at radius 3 is 2.78 bits per heavy atom. The number of halogens is 1. The van der Waals surface area contributed by atoms with Gasteiger partial charge in [0.25, 0.3) is 0 Å². The number of carbonyl (C=O) groups excluding carboxylic acids is 1. The van der Waals surface area contributed by atoms with Crippen LogP contribution >= 0.6 is 11.6 Å². The molecule has 0 spiro atoms. The van der Waals surface area contributed by atoms with Gasteiger partial charge in [-0.05, 0) is 49.3 Å². The molecule has 1 aromatic rings. The number of nitrogens with two attached hydrogens (primary N) is 1. The van der Waals surface area contributed by atoms with Gasteiger partial charge in [-0.2, -0.15) is 0 Å². The number of carbonyl (C=O) groups is 1. The number of piperidine rings is 1. The van der Waals surface area contributed by atoms with Crippen LogP contribution in [0.25, 0.3) is 0 Å². The zero-order valence-corrected chi connectivity index (χ0v) is 14.2. The monoisotopic (exact) mass is 336 g/mol. The Balaban J connectivity index is 1.49. The summed E-state index contributed by atoms with van der Waals surface area (Å²) >= 11 is 6.04. The third kappa shape index (κ3) is 4.25. The lowest BCUT2D eigenvalue weighted by atomic mass is 9.86. The van der Waals surface area contributed by atoms with Gasteiger partial charge in [0.15, 0.2) is 0 Å². The van der Waals surface area contributed by atoms with E-state index in [0.717, 1.165) is 50.4 Å². The SMILES string of the molecule is NC(Cc1cccc(Cl)c1)C1CCN(C(=O)C2CCOC2)CC1. The number of hydrogen-bond donors (Lipinski definition) is 1. The van der Waals surface area contributed by atoms with Crippen molar-refractivity contribution in [1.29, 1.82) is 0 Å². The molecule has 23 heavy (non-hydrogen) atoms. The van der Waals surface area contributed by atoms with E-state index in [1.807, 2.05) is 23.1 Å². The molecule has 2 N–H and O–H groups in total. The second-order valence-electron chi connectivity index (χ2n) is 6.72. The fraction of sp³-hybridized carbons (Fsp3) is 0.611. The standard InChI is InChI=1S/C18H25ClN2O2/c19-16-3-1-2-13(10-16)11-17(20)14-4-7-21(8-5-14)18(22)15-6-9-23-12-15/h1-3,10,14-15,17H,4-9,11-12,20H2. The Bertz CT molecular complexity index is 538. The molecule has 2 atom stereocenters. The van der Waals surface area contributed by atoms with Crippen LogP contribution in [0.1, 0.15) is 24.8 Å². The summed E-state index contributed by atoms with van der Waals surface area (Å²) in [7, 11) is 0. The molecule has 2 saturated heterocycles. The summed E-state index contributed by atoms with van der Waals surface area (Å²) in [6.45, 7) is 2.96. The number of hydrogen-bond acceptors (Lipinski definition) is 3. The predicted molar refractivity (Wildman–Crippen MR) is 91.4 cm³/mol. The summed E-state index contributed by atoms with van der Waals surface area (Å²) in [5.41, 5.74) is 7.59. The number of rotatable bonds is 4. The molecule has 3 rings (SSSR count). The van der Waals surface area contributed by atoms with E-state index in [0.29, 0.717) is 12.5 Å². The van der Waals surface area contributed by atoms with E-state index in [9.17, 15) is 4.79 Å². The van der Waals surface area contributed by atoms with Crippen LogP contribution in [0.5, 0.6) is 0 Å². The van der Waals surface area contributed by atoms with Crippen molar-refractivity contribution in [2.24, 2.45) is 17.6 Å². The predicted octanol–water partition coefficient (Wildman–Crippen LogP) is 2.48. The van der Waals surface area contributed by atoms with Crippen molar-refractivity contribution < 1.29 is 9.53 Å². The van der Waals surface area contributed by atoms with Crippen LogP contribution < -0.4 is 5.73 Å². The number of ether oxygens (including phenoxy) is 1. The summed E-state index contributed by atoms with van der Waals surface area (Å²) in [6.07, 6.45) is 3.69. The average molecular weight is 337 g/mol. The third-order valence-corrected chi connectivity index (χ3v) is 5.33. The van der Waals surface area contributed by atoms with Gasteiger partial charge in [0.2, 0.25) is 5.91 Å². The summed E-state index contributed by atoms with van der Waals surface area (Å²) < 4.78 is 5.33. The summed E-state index contributed by atoms with van der Waals surface area (Å²) in [5, 5.41) is 0.758. The molecule has 4 nitrogen and oxygen atoms in total. The second-order valence-corrected chi connectivity index (χ2v) is 7.16. The van der Waals surface area contributed by atoms with Crippen molar-refractivity contribution in [3.63, 3.8) is 0 Å². The molecular formula is C18H25ClN2O2. The second kappa shape index (κ2) is 7.65. The maximum absolute atomic E-state index is 12.4. The molecular weight excluding hydrogens is 312 g/mol.